The number of benzene rings is 2. The first-order chi connectivity index (χ1) is 10.1. The van der Waals surface area contributed by atoms with E-state index in [-0.39, 0.29) is 6.79 Å². The van der Waals surface area contributed by atoms with Crippen molar-refractivity contribution in [2.75, 3.05) is 18.7 Å². The van der Waals surface area contributed by atoms with Gasteiger partial charge in [-0.05, 0) is 42.3 Å². The van der Waals surface area contributed by atoms with Crippen LogP contribution in [0.2, 0.25) is 5.02 Å². The Balaban J connectivity index is 1.69. The Labute approximate surface area is 128 Å². The molecule has 5 heteroatoms. The van der Waals surface area contributed by atoms with E-state index in [9.17, 15) is 5.11 Å². The molecule has 0 saturated heterocycles. The summed E-state index contributed by atoms with van der Waals surface area (Å²) in [5.74, 6) is 1.38. The third kappa shape index (κ3) is 2.91. The van der Waals surface area contributed by atoms with E-state index < -0.39 is 6.10 Å². The zero-order valence-electron chi connectivity index (χ0n) is 11.6. The topological polar surface area (TPSA) is 50.7 Å². The third-order valence-corrected chi connectivity index (χ3v) is 3.94. The van der Waals surface area contributed by atoms with Crippen LogP contribution in [0.15, 0.2) is 36.4 Å². The van der Waals surface area contributed by atoms with Crippen LogP contribution >= 0.6 is 11.6 Å². The summed E-state index contributed by atoms with van der Waals surface area (Å²) in [5, 5.41) is 14.2. The second kappa shape index (κ2) is 5.84. The molecule has 2 aromatic rings. The van der Waals surface area contributed by atoms with E-state index in [0.29, 0.717) is 23.1 Å². The van der Waals surface area contributed by atoms with E-state index >= 15 is 0 Å². The van der Waals surface area contributed by atoms with Gasteiger partial charge in [-0.25, -0.2) is 0 Å². The summed E-state index contributed by atoms with van der Waals surface area (Å²) < 4.78 is 10.6. The van der Waals surface area contributed by atoms with Crippen molar-refractivity contribution < 1.29 is 14.6 Å². The number of rotatable bonds is 4. The first kappa shape index (κ1) is 14.0. The SMILES string of the molecule is Cc1c(Cl)cccc1NCC(O)c1ccc2c(c1)OCO2. The molecule has 110 valence electrons. The third-order valence-electron chi connectivity index (χ3n) is 3.53. The maximum Gasteiger partial charge on any atom is 0.231 e. The lowest BCUT2D eigenvalue weighted by molar-refractivity contribution is 0.173. The highest BCUT2D eigenvalue weighted by Gasteiger charge is 2.16. The van der Waals surface area contributed by atoms with Gasteiger partial charge >= 0.3 is 0 Å². The number of nitrogens with one attached hydrogen (secondary N) is 1. The van der Waals surface area contributed by atoms with Gasteiger partial charge in [0.1, 0.15) is 0 Å². The van der Waals surface area contributed by atoms with Gasteiger partial charge in [0.25, 0.3) is 0 Å². The number of hydrogen-bond acceptors (Lipinski definition) is 4. The minimum absolute atomic E-state index is 0.231. The first-order valence-electron chi connectivity index (χ1n) is 6.72. The fourth-order valence-corrected chi connectivity index (χ4v) is 2.42. The van der Waals surface area contributed by atoms with Crippen molar-refractivity contribution in [1.29, 1.82) is 0 Å². The van der Waals surface area contributed by atoms with Crippen LogP contribution in [0.5, 0.6) is 11.5 Å². The summed E-state index contributed by atoms with van der Waals surface area (Å²) >= 11 is 6.08. The highest BCUT2D eigenvalue weighted by atomic mass is 35.5. The lowest BCUT2D eigenvalue weighted by atomic mass is 10.1. The molecule has 0 amide bonds. The molecule has 1 unspecified atom stereocenters. The zero-order valence-corrected chi connectivity index (χ0v) is 12.4. The van der Waals surface area contributed by atoms with Crippen molar-refractivity contribution in [2.45, 2.75) is 13.0 Å². The molecule has 0 spiro atoms. The van der Waals surface area contributed by atoms with E-state index in [0.717, 1.165) is 16.8 Å². The molecular weight excluding hydrogens is 290 g/mol. The van der Waals surface area contributed by atoms with Gasteiger partial charge in [0.15, 0.2) is 11.5 Å². The Morgan fingerprint density at radius 1 is 1.24 bits per heavy atom. The summed E-state index contributed by atoms with van der Waals surface area (Å²) in [6, 6.07) is 11.1. The van der Waals surface area contributed by atoms with Crippen LogP contribution in [-0.4, -0.2) is 18.4 Å². The Kier molecular flexibility index (Phi) is 3.90. The van der Waals surface area contributed by atoms with Crippen molar-refractivity contribution >= 4 is 17.3 Å². The molecule has 21 heavy (non-hydrogen) atoms. The summed E-state index contributed by atoms with van der Waals surface area (Å²) in [7, 11) is 0. The molecule has 1 atom stereocenters. The minimum Gasteiger partial charge on any atom is -0.454 e. The molecule has 0 bridgehead atoms. The number of aliphatic hydroxyl groups excluding tert-OH is 1. The van der Waals surface area contributed by atoms with Gasteiger partial charge in [-0.1, -0.05) is 23.7 Å². The van der Waals surface area contributed by atoms with Crippen molar-refractivity contribution in [3.8, 4) is 11.5 Å². The number of anilines is 1. The number of ether oxygens (including phenoxy) is 2. The van der Waals surface area contributed by atoms with Crippen LogP contribution in [0.1, 0.15) is 17.2 Å². The monoisotopic (exact) mass is 305 g/mol. The summed E-state index contributed by atoms with van der Waals surface area (Å²) in [4.78, 5) is 0. The van der Waals surface area contributed by atoms with Crippen molar-refractivity contribution in [2.24, 2.45) is 0 Å². The van der Waals surface area contributed by atoms with E-state index in [1.165, 1.54) is 0 Å². The van der Waals surface area contributed by atoms with E-state index in [1.807, 2.05) is 37.3 Å². The Bertz CT molecular complexity index is 660. The number of aliphatic hydroxyl groups is 1. The second-order valence-electron chi connectivity index (χ2n) is 4.92. The van der Waals surface area contributed by atoms with Gasteiger partial charge in [0.05, 0.1) is 6.10 Å². The predicted molar refractivity (Wildman–Crippen MR) is 82.2 cm³/mol. The quantitative estimate of drug-likeness (QED) is 0.907. The van der Waals surface area contributed by atoms with E-state index in [4.69, 9.17) is 21.1 Å². The van der Waals surface area contributed by atoms with Crippen LogP contribution < -0.4 is 14.8 Å². The average Bonchev–Trinajstić information content (AvgIpc) is 2.96. The molecule has 0 aliphatic carbocycles. The van der Waals surface area contributed by atoms with Crippen LogP contribution in [0.25, 0.3) is 0 Å². The summed E-state index contributed by atoms with van der Waals surface area (Å²) in [5.41, 5.74) is 2.67. The van der Waals surface area contributed by atoms with Gasteiger partial charge in [-0.2, -0.15) is 0 Å². The van der Waals surface area contributed by atoms with E-state index in [2.05, 4.69) is 5.32 Å². The summed E-state index contributed by atoms with van der Waals surface area (Å²) in [6.45, 7) is 2.56. The molecule has 1 heterocycles. The molecule has 2 N–H and O–H groups in total. The van der Waals surface area contributed by atoms with Crippen LogP contribution in [0.3, 0.4) is 0 Å². The summed E-state index contributed by atoms with van der Waals surface area (Å²) in [6.07, 6.45) is -0.641. The fourth-order valence-electron chi connectivity index (χ4n) is 2.24. The maximum absolute atomic E-state index is 10.3. The average molecular weight is 306 g/mol. The standard InChI is InChI=1S/C16H16ClNO3/c1-10-12(17)3-2-4-13(10)18-8-14(19)11-5-6-15-16(7-11)21-9-20-15/h2-7,14,18-19H,8-9H2,1H3. The highest BCUT2D eigenvalue weighted by Crippen LogP contribution is 2.34. The van der Waals surface area contributed by atoms with Crippen LogP contribution in [-0.2, 0) is 0 Å². The van der Waals surface area contributed by atoms with Gasteiger partial charge in [0.2, 0.25) is 6.79 Å². The Morgan fingerprint density at radius 3 is 2.90 bits per heavy atom. The normalized spacial score (nSPS) is 14.0. The Hall–Kier alpha value is -1.91. The van der Waals surface area contributed by atoms with Gasteiger partial charge in [0, 0.05) is 17.3 Å². The molecule has 4 nitrogen and oxygen atoms in total. The van der Waals surface area contributed by atoms with Crippen LogP contribution in [0, 0.1) is 6.92 Å². The van der Waals surface area contributed by atoms with Crippen molar-refractivity contribution in [3.05, 3.63) is 52.5 Å². The molecular formula is C16H16ClNO3. The zero-order chi connectivity index (χ0) is 14.8. The minimum atomic E-state index is -0.641. The Morgan fingerprint density at radius 2 is 2.05 bits per heavy atom. The molecule has 2 aromatic carbocycles. The molecule has 1 aliphatic heterocycles. The maximum atomic E-state index is 10.3. The van der Waals surface area contributed by atoms with Gasteiger partial charge in [-0.3, -0.25) is 0 Å². The second-order valence-corrected chi connectivity index (χ2v) is 5.33. The van der Waals surface area contributed by atoms with Gasteiger partial charge in [-0.15, -0.1) is 0 Å². The number of halogens is 1. The molecule has 0 fully saturated rings. The van der Waals surface area contributed by atoms with E-state index in [1.54, 1.807) is 6.07 Å². The smallest absolute Gasteiger partial charge is 0.231 e. The van der Waals surface area contributed by atoms with Gasteiger partial charge < -0.3 is 19.9 Å². The lowest BCUT2D eigenvalue weighted by Gasteiger charge is -2.15. The predicted octanol–water partition coefficient (Wildman–Crippen LogP) is 3.52. The molecule has 1 aliphatic rings. The largest absolute Gasteiger partial charge is 0.454 e. The fraction of sp³-hybridized carbons (Fsp3) is 0.250. The lowest BCUT2D eigenvalue weighted by Crippen LogP contribution is -2.12. The van der Waals surface area contributed by atoms with Crippen molar-refractivity contribution in [3.63, 3.8) is 0 Å². The first-order valence-corrected chi connectivity index (χ1v) is 7.09. The molecule has 0 saturated carbocycles. The number of hydrogen-bond donors (Lipinski definition) is 2. The molecule has 0 radical (unpaired) electrons. The molecule has 0 aromatic heterocycles. The van der Waals surface area contributed by atoms with Crippen LogP contribution in [0.4, 0.5) is 5.69 Å². The molecule has 3 rings (SSSR count). The number of fused-ring (bicyclic) bond motifs is 1. The van der Waals surface area contributed by atoms with Crippen molar-refractivity contribution in [1.82, 2.24) is 0 Å². The highest BCUT2D eigenvalue weighted by molar-refractivity contribution is 6.31.